The quantitative estimate of drug-likeness (QED) is 0.370. The summed E-state index contributed by atoms with van der Waals surface area (Å²) in [5.41, 5.74) is 2.66. The third-order valence-corrected chi connectivity index (χ3v) is 6.01. The molecule has 1 saturated heterocycles. The van der Waals surface area contributed by atoms with Crippen molar-refractivity contribution in [1.29, 1.82) is 0 Å². The minimum absolute atomic E-state index is 0.00655. The van der Waals surface area contributed by atoms with Crippen LogP contribution in [0.1, 0.15) is 30.3 Å². The second-order valence-electron chi connectivity index (χ2n) is 8.59. The third kappa shape index (κ3) is 5.09. The minimum atomic E-state index is -0.00655. The summed E-state index contributed by atoms with van der Waals surface area (Å²) in [4.78, 5) is 18.2. The van der Waals surface area contributed by atoms with Crippen LogP contribution in [0.5, 0.6) is 0 Å². The molecular weight excluding hydrogens is 446 g/mol. The summed E-state index contributed by atoms with van der Waals surface area (Å²) >= 11 is 0. The number of anilines is 4. The highest BCUT2D eigenvalue weighted by atomic mass is 16.5. The van der Waals surface area contributed by atoms with Crippen LogP contribution in [0.2, 0.25) is 0 Å². The number of aromatic nitrogens is 6. The smallest absolute Gasteiger partial charge is 0.229 e. The standard InChI is InChI=1S/C24H29N9O2/c1-16-12-22(30-29-16)26-21-14-23(32(2)10-11-34-3)28-24(27-21)33-9-5-7-19(33)20-13-18(31-35-20)17-6-4-8-25-15-17/h4,6,8,12-15,19H,5,7,9-11H2,1-3H3,(H2,26,27,28,29,30). The molecule has 1 unspecified atom stereocenters. The van der Waals surface area contributed by atoms with Gasteiger partial charge in [-0.3, -0.25) is 10.1 Å². The molecule has 1 fully saturated rings. The van der Waals surface area contributed by atoms with Crippen LogP contribution in [0.4, 0.5) is 23.4 Å². The van der Waals surface area contributed by atoms with Gasteiger partial charge in [0, 0.05) is 69.1 Å². The second kappa shape index (κ2) is 10.1. The molecule has 11 nitrogen and oxygen atoms in total. The number of ether oxygens (including phenoxy) is 1. The lowest BCUT2D eigenvalue weighted by molar-refractivity contribution is 0.206. The van der Waals surface area contributed by atoms with Gasteiger partial charge in [-0.1, -0.05) is 5.16 Å². The van der Waals surface area contributed by atoms with Gasteiger partial charge in [-0.05, 0) is 31.9 Å². The number of nitrogens with zero attached hydrogens (tertiary/aromatic N) is 7. The van der Waals surface area contributed by atoms with E-state index in [0.29, 0.717) is 30.7 Å². The highest BCUT2D eigenvalue weighted by molar-refractivity contribution is 5.61. The average molecular weight is 476 g/mol. The van der Waals surface area contributed by atoms with Gasteiger partial charge >= 0.3 is 0 Å². The summed E-state index contributed by atoms with van der Waals surface area (Å²) < 4.78 is 11.0. The predicted molar refractivity (Wildman–Crippen MR) is 133 cm³/mol. The monoisotopic (exact) mass is 475 g/mol. The van der Waals surface area contributed by atoms with Crippen molar-refractivity contribution in [2.45, 2.75) is 25.8 Å². The number of aromatic amines is 1. The Balaban J connectivity index is 1.45. The van der Waals surface area contributed by atoms with Crippen molar-refractivity contribution >= 4 is 23.4 Å². The molecule has 0 aliphatic carbocycles. The lowest BCUT2D eigenvalue weighted by Gasteiger charge is -2.25. The fourth-order valence-electron chi connectivity index (χ4n) is 4.16. The third-order valence-electron chi connectivity index (χ3n) is 6.01. The second-order valence-corrected chi connectivity index (χ2v) is 8.59. The zero-order chi connectivity index (χ0) is 24.2. The maximum absolute atomic E-state index is 5.78. The van der Waals surface area contributed by atoms with Crippen molar-refractivity contribution in [1.82, 2.24) is 30.3 Å². The molecule has 11 heteroatoms. The predicted octanol–water partition coefficient (Wildman–Crippen LogP) is 3.73. The van der Waals surface area contributed by atoms with Crippen LogP contribution in [-0.2, 0) is 4.74 Å². The number of likely N-dealkylation sites (N-methyl/N-ethyl adjacent to an activating group) is 1. The molecule has 0 bridgehead atoms. The minimum Gasteiger partial charge on any atom is -0.383 e. The number of nitrogens with one attached hydrogen (secondary N) is 2. The molecule has 5 rings (SSSR count). The Morgan fingerprint density at radius 2 is 2.17 bits per heavy atom. The summed E-state index contributed by atoms with van der Waals surface area (Å²) in [6.45, 7) is 4.08. The summed E-state index contributed by atoms with van der Waals surface area (Å²) in [5, 5.41) is 14.8. The molecule has 35 heavy (non-hydrogen) atoms. The molecule has 0 spiro atoms. The number of H-pyrrole nitrogens is 1. The van der Waals surface area contributed by atoms with Gasteiger partial charge in [0.15, 0.2) is 11.6 Å². The van der Waals surface area contributed by atoms with Gasteiger partial charge in [0.05, 0.1) is 12.6 Å². The Morgan fingerprint density at radius 1 is 1.26 bits per heavy atom. The topological polar surface area (TPSA) is 121 Å². The van der Waals surface area contributed by atoms with Crippen molar-refractivity contribution in [3.8, 4) is 11.3 Å². The highest BCUT2D eigenvalue weighted by Crippen LogP contribution is 2.37. The van der Waals surface area contributed by atoms with Crippen LogP contribution < -0.4 is 15.1 Å². The highest BCUT2D eigenvalue weighted by Gasteiger charge is 2.32. The van der Waals surface area contributed by atoms with E-state index in [-0.39, 0.29) is 6.04 Å². The zero-order valence-electron chi connectivity index (χ0n) is 20.1. The van der Waals surface area contributed by atoms with E-state index >= 15 is 0 Å². The van der Waals surface area contributed by atoms with Crippen LogP contribution in [0.25, 0.3) is 11.3 Å². The van der Waals surface area contributed by atoms with E-state index < -0.39 is 0 Å². The van der Waals surface area contributed by atoms with E-state index in [2.05, 4.69) is 35.5 Å². The SMILES string of the molecule is COCCN(C)c1cc(Nc2cc(C)[nH]n2)nc(N2CCCC2c2cc(-c3cccnc3)no2)n1. The molecule has 5 heterocycles. The lowest BCUT2D eigenvalue weighted by atomic mass is 10.1. The molecule has 0 amide bonds. The number of rotatable bonds is 9. The van der Waals surface area contributed by atoms with Gasteiger partial charge in [-0.25, -0.2) is 0 Å². The fraction of sp³-hybridized carbons (Fsp3) is 0.375. The number of methoxy groups -OCH3 is 1. The van der Waals surface area contributed by atoms with Gasteiger partial charge in [-0.2, -0.15) is 15.1 Å². The fourth-order valence-corrected chi connectivity index (χ4v) is 4.16. The largest absolute Gasteiger partial charge is 0.383 e. The molecule has 4 aromatic heterocycles. The molecule has 2 N–H and O–H groups in total. The first-order valence-corrected chi connectivity index (χ1v) is 11.6. The molecule has 0 radical (unpaired) electrons. The van der Waals surface area contributed by atoms with Gasteiger partial charge in [0.25, 0.3) is 0 Å². The van der Waals surface area contributed by atoms with Crippen molar-refractivity contribution < 1.29 is 9.26 Å². The number of pyridine rings is 1. The summed E-state index contributed by atoms with van der Waals surface area (Å²) in [7, 11) is 3.68. The van der Waals surface area contributed by atoms with Crippen molar-refractivity contribution in [2.24, 2.45) is 0 Å². The average Bonchev–Trinajstić information content (AvgIpc) is 3.63. The lowest BCUT2D eigenvalue weighted by Crippen LogP contribution is -2.27. The summed E-state index contributed by atoms with van der Waals surface area (Å²) in [5.74, 6) is 3.58. The number of hydrogen-bond donors (Lipinski definition) is 2. The Morgan fingerprint density at radius 3 is 2.94 bits per heavy atom. The Bertz CT molecular complexity index is 1260. The van der Waals surface area contributed by atoms with Crippen LogP contribution in [0, 0.1) is 6.92 Å². The van der Waals surface area contributed by atoms with E-state index in [9.17, 15) is 0 Å². The van der Waals surface area contributed by atoms with Crippen molar-refractivity contribution in [3.63, 3.8) is 0 Å². The maximum Gasteiger partial charge on any atom is 0.229 e. The zero-order valence-corrected chi connectivity index (χ0v) is 20.1. The Kier molecular flexibility index (Phi) is 6.57. The Hall–Kier alpha value is -3.99. The first kappa shape index (κ1) is 22.8. The van der Waals surface area contributed by atoms with Crippen LogP contribution >= 0.6 is 0 Å². The molecule has 4 aromatic rings. The van der Waals surface area contributed by atoms with Gasteiger partial charge in [-0.15, -0.1) is 0 Å². The van der Waals surface area contributed by atoms with Gasteiger partial charge in [0.1, 0.15) is 17.3 Å². The number of aryl methyl sites for hydroxylation is 1. The molecule has 1 aliphatic rings. The van der Waals surface area contributed by atoms with E-state index in [1.807, 2.05) is 44.3 Å². The van der Waals surface area contributed by atoms with E-state index in [1.54, 1.807) is 19.5 Å². The first-order chi connectivity index (χ1) is 17.1. The molecule has 1 atom stereocenters. The first-order valence-electron chi connectivity index (χ1n) is 11.6. The molecule has 1 aliphatic heterocycles. The van der Waals surface area contributed by atoms with Gasteiger partial charge in [0.2, 0.25) is 5.95 Å². The van der Waals surface area contributed by atoms with Crippen LogP contribution in [-0.4, -0.2) is 64.2 Å². The van der Waals surface area contributed by atoms with Gasteiger partial charge < -0.3 is 24.4 Å². The summed E-state index contributed by atoms with van der Waals surface area (Å²) in [6, 6.07) is 9.69. The van der Waals surface area contributed by atoms with Crippen molar-refractivity contribution in [3.05, 3.63) is 54.2 Å². The van der Waals surface area contributed by atoms with E-state index in [1.165, 1.54) is 0 Å². The molecule has 0 saturated carbocycles. The van der Waals surface area contributed by atoms with E-state index in [4.69, 9.17) is 19.2 Å². The molecule has 182 valence electrons. The number of hydrogen-bond acceptors (Lipinski definition) is 10. The normalized spacial score (nSPS) is 15.5. The van der Waals surface area contributed by atoms with Crippen LogP contribution in [0.15, 0.2) is 47.2 Å². The summed E-state index contributed by atoms with van der Waals surface area (Å²) in [6.07, 6.45) is 5.45. The Labute approximate surface area is 203 Å². The molecule has 0 aromatic carbocycles. The van der Waals surface area contributed by atoms with Crippen LogP contribution in [0.3, 0.4) is 0 Å². The molecular formula is C24H29N9O2. The maximum atomic E-state index is 5.78. The van der Waals surface area contributed by atoms with E-state index in [0.717, 1.165) is 47.9 Å². The van der Waals surface area contributed by atoms with Crippen molar-refractivity contribution in [2.75, 3.05) is 49.0 Å².